The molecule has 0 bridgehead atoms. The zero-order valence-corrected chi connectivity index (χ0v) is 15.7. The van der Waals surface area contributed by atoms with Gasteiger partial charge in [-0.1, -0.05) is 42.5 Å². The van der Waals surface area contributed by atoms with Crippen molar-refractivity contribution in [2.45, 2.75) is 19.4 Å². The number of ether oxygens (including phenoxy) is 1. The minimum Gasteiger partial charge on any atom is -0.444 e. The highest BCUT2D eigenvalue weighted by Crippen LogP contribution is 2.33. The number of para-hydroxylation sites is 2. The van der Waals surface area contributed by atoms with Crippen LogP contribution in [0.15, 0.2) is 54.6 Å². The summed E-state index contributed by atoms with van der Waals surface area (Å²) in [5.41, 5.74) is 3.08. The Balaban J connectivity index is 1.41. The maximum absolute atomic E-state index is 12.7. The van der Waals surface area contributed by atoms with E-state index in [1.54, 1.807) is 4.90 Å². The second-order valence-electron chi connectivity index (χ2n) is 7.22. The van der Waals surface area contributed by atoms with E-state index in [1.165, 1.54) is 25.9 Å². The van der Waals surface area contributed by atoms with E-state index >= 15 is 0 Å². The van der Waals surface area contributed by atoms with Gasteiger partial charge in [0.25, 0.3) is 0 Å². The molecule has 0 radical (unpaired) electrons. The summed E-state index contributed by atoms with van der Waals surface area (Å²) in [4.78, 5) is 19.4. The number of likely N-dealkylation sites (tertiary alicyclic amines) is 1. The normalized spacial score (nSPS) is 17.0. The largest absolute Gasteiger partial charge is 0.444 e. The van der Waals surface area contributed by atoms with Gasteiger partial charge in [0.05, 0.1) is 11.4 Å². The summed E-state index contributed by atoms with van der Waals surface area (Å²) in [7, 11) is 0. The van der Waals surface area contributed by atoms with Gasteiger partial charge in [-0.15, -0.1) is 0 Å². The molecule has 0 aromatic heterocycles. The number of carbonyl (C=O) groups is 1. The number of hydrogen-bond acceptors (Lipinski definition) is 4. The Morgan fingerprint density at radius 1 is 0.815 bits per heavy atom. The van der Waals surface area contributed by atoms with Crippen molar-refractivity contribution in [1.29, 1.82) is 0 Å². The molecular formula is C22H27N3O2. The monoisotopic (exact) mass is 365 g/mol. The molecule has 0 atom stereocenters. The minimum atomic E-state index is -0.273. The first-order chi connectivity index (χ1) is 13.3. The van der Waals surface area contributed by atoms with Crippen molar-refractivity contribution in [3.63, 3.8) is 0 Å². The van der Waals surface area contributed by atoms with Crippen LogP contribution in [0.2, 0.25) is 0 Å². The number of fused-ring (bicyclic) bond motifs is 1. The predicted octanol–water partition coefficient (Wildman–Crippen LogP) is 3.75. The van der Waals surface area contributed by atoms with E-state index in [0.29, 0.717) is 13.2 Å². The van der Waals surface area contributed by atoms with Gasteiger partial charge in [-0.3, -0.25) is 4.90 Å². The van der Waals surface area contributed by atoms with Crippen LogP contribution in [0.3, 0.4) is 0 Å². The minimum absolute atomic E-state index is 0.273. The molecule has 4 rings (SSSR count). The lowest BCUT2D eigenvalue weighted by molar-refractivity contribution is 0.147. The standard InChI is InChI=1S/C22H27N3O2/c26-22(27-18-19-8-2-1-3-9-19)25-17-16-24(15-14-23-12-6-7-13-23)20-10-4-5-11-21(20)25/h1-5,8-11H,6-7,12-18H2. The van der Waals surface area contributed by atoms with E-state index in [-0.39, 0.29) is 6.09 Å². The predicted molar refractivity (Wildman–Crippen MR) is 108 cm³/mol. The van der Waals surface area contributed by atoms with Gasteiger partial charge in [0, 0.05) is 26.2 Å². The van der Waals surface area contributed by atoms with Crippen LogP contribution in [0.25, 0.3) is 0 Å². The molecule has 2 aromatic carbocycles. The number of hydrogen-bond donors (Lipinski definition) is 0. The maximum atomic E-state index is 12.7. The van der Waals surface area contributed by atoms with Crippen LogP contribution >= 0.6 is 0 Å². The first-order valence-electron chi connectivity index (χ1n) is 9.86. The van der Waals surface area contributed by atoms with Crippen molar-refractivity contribution >= 4 is 17.5 Å². The lowest BCUT2D eigenvalue weighted by atomic mass is 10.1. The molecule has 2 aliphatic rings. The van der Waals surface area contributed by atoms with Gasteiger partial charge in [0.15, 0.2) is 0 Å². The molecule has 27 heavy (non-hydrogen) atoms. The van der Waals surface area contributed by atoms with Crippen molar-refractivity contribution in [2.24, 2.45) is 0 Å². The molecule has 1 amide bonds. The van der Waals surface area contributed by atoms with Crippen molar-refractivity contribution in [1.82, 2.24) is 4.90 Å². The molecule has 0 aliphatic carbocycles. The van der Waals surface area contributed by atoms with Gasteiger partial charge < -0.3 is 14.5 Å². The molecule has 1 saturated heterocycles. The summed E-state index contributed by atoms with van der Waals surface area (Å²) in [5, 5.41) is 0. The number of benzene rings is 2. The van der Waals surface area contributed by atoms with Gasteiger partial charge in [-0.25, -0.2) is 4.79 Å². The van der Waals surface area contributed by atoms with Crippen LogP contribution in [-0.2, 0) is 11.3 Å². The van der Waals surface area contributed by atoms with E-state index in [4.69, 9.17) is 4.74 Å². The molecule has 5 heteroatoms. The van der Waals surface area contributed by atoms with Crippen LogP contribution in [0.4, 0.5) is 16.2 Å². The van der Waals surface area contributed by atoms with Crippen molar-refractivity contribution in [3.8, 4) is 0 Å². The van der Waals surface area contributed by atoms with Crippen LogP contribution < -0.4 is 9.80 Å². The Labute approximate surface area is 161 Å². The van der Waals surface area contributed by atoms with Crippen molar-refractivity contribution in [2.75, 3.05) is 49.1 Å². The molecule has 2 heterocycles. The van der Waals surface area contributed by atoms with Gasteiger partial charge in [0.2, 0.25) is 0 Å². The van der Waals surface area contributed by atoms with E-state index < -0.39 is 0 Å². The summed E-state index contributed by atoms with van der Waals surface area (Å²) in [6.45, 7) is 6.32. The van der Waals surface area contributed by atoms with Gasteiger partial charge in [-0.2, -0.15) is 0 Å². The molecule has 0 unspecified atom stereocenters. The number of amides is 1. The Morgan fingerprint density at radius 3 is 2.30 bits per heavy atom. The molecule has 0 saturated carbocycles. The summed E-state index contributed by atoms with van der Waals surface area (Å²) < 4.78 is 5.56. The topological polar surface area (TPSA) is 36.0 Å². The fourth-order valence-electron chi connectivity index (χ4n) is 3.91. The van der Waals surface area contributed by atoms with Gasteiger partial charge in [0.1, 0.15) is 6.61 Å². The molecule has 0 N–H and O–H groups in total. The number of anilines is 2. The highest BCUT2D eigenvalue weighted by molar-refractivity contribution is 5.93. The highest BCUT2D eigenvalue weighted by Gasteiger charge is 2.27. The fourth-order valence-corrected chi connectivity index (χ4v) is 3.91. The maximum Gasteiger partial charge on any atom is 0.414 e. The van der Waals surface area contributed by atoms with Crippen LogP contribution in [0.5, 0.6) is 0 Å². The van der Waals surface area contributed by atoms with Crippen molar-refractivity contribution < 1.29 is 9.53 Å². The summed E-state index contributed by atoms with van der Waals surface area (Å²) >= 11 is 0. The van der Waals surface area contributed by atoms with Crippen molar-refractivity contribution in [3.05, 3.63) is 60.2 Å². The van der Waals surface area contributed by atoms with E-state index in [9.17, 15) is 4.79 Å². The third kappa shape index (κ3) is 4.25. The number of carbonyl (C=O) groups excluding carboxylic acids is 1. The lowest BCUT2D eigenvalue weighted by Crippen LogP contribution is -2.46. The molecule has 142 valence electrons. The quantitative estimate of drug-likeness (QED) is 0.809. The Bertz CT molecular complexity index is 759. The zero-order chi connectivity index (χ0) is 18.5. The smallest absolute Gasteiger partial charge is 0.414 e. The first kappa shape index (κ1) is 17.9. The second-order valence-corrected chi connectivity index (χ2v) is 7.22. The van der Waals surface area contributed by atoms with E-state index in [2.05, 4.69) is 15.9 Å². The third-order valence-corrected chi connectivity index (χ3v) is 5.42. The highest BCUT2D eigenvalue weighted by atomic mass is 16.6. The first-order valence-corrected chi connectivity index (χ1v) is 9.86. The Kier molecular flexibility index (Phi) is 5.58. The fraction of sp³-hybridized carbons (Fsp3) is 0.409. The average Bonchev–Trinajstić information content (AvgIpc) is 3.24. The summed E-state index contributed by atoms with van der Waals surface area (Å²) in [6, 6.07) is 18.0. The Morgan fingerprint density at radius 2 is 1.52 bits per heavy atom. The van der Waals surface area contributed by atoms with Gasteiger partial charge in [-0.05, 0) is 43.6 Å². The SMILES string of the molecule is O=C(OCc1ccccc1)N1CCN(CCN2CCCC2)c2ccccc21. The molecular weight excluding hydrogens is 338 g/mol. The van der Waals surface area contributed by atoms with Crippen LogP contribution in [0.1, 0.15) is 18.4 Å². The number of rotatable bonds is 5. The lowest BCUT2D eigenvalue weighted by Gasteiger charge is -2.37. The molecule has 1 fully saturated rings. The van der Waals surface area contributed by atoms with Crippen LogP contribution in [0, 0.1) is 0 Å². The average molecular weight is 365 g/mol. The van der Waals surface area contributed by atoms with Crippen LogP contribution in [-0.4, -0.2) is 50.3 Å². The molecule has 2 aromatic rings. The summed E-state index contributed by atoms with van der Waals surface area (Å²) in [6.07, 6.45) is 2.36. The molecule has 5 nitrogen and oxygen atoms in total. The Hall–Kier alpha value is -2.53. The van der Waals surface area contributed by atoms with Gasteiger partial charge >= 0.3 is 6.09 Å². The molecule has 0 spiro atoms. The summed E-state index contributed by atoms with van der Waals surface area (Å²) in [5.74, 6) is 0. The van der Waals surface area contributed by atoms with E-state index in [1.807, 2.05) is 48.5 Å². The van der Waals surface area contributed by atoms with E-state index in [0.717, 1.165) is 36.6 Å². The number of nitrogens with zero attached hydrogens (tertiary/aromatic N) is 3. The molecule has 2 aliphatic heterocycles. The third-order valence-electron chi connectivity index (χ3n) is 5.42. The zero-order valence-electron chi connectivity index (χ0n) is 15.7. The second kappa shape index (κ2) is 8.44.